The van der Waals surface area contributed by atoms with Gasteiger partial charge in [-0.2, -0.15) is 0 Å². The van der Waals surface area contributed by atoms with Crippen LogP contribution in [0.3, 0.4) is 0 Å². The molecule has 0 unspecified atom stereocenters. The van der Waals surface area contributed by atoms with Crippen molar-refractivity contribution in [2.24, 2.45) is 5.92 Å². The van der Waals surface area contributed by atoms with Crippen molar-refractivity contribution >= 4 is 16.8 Å². The minimum atomic E-state index is -0.773. The number of pyridine rings is 1. The standard InChI is InChI=1S/C21H28N2O3/c1-14-16(20(25)17-8-4-5-9-18(17)22-14)10-11-19(24)23-12-6-7-15(13-23)21(2,3)26/h4-5,8-9,15,26H,6-7,10-13H2,1-3H3,(H,22,25)/t15-/m0/s1. The second kappa shape index (κ2) is 7.23. The van der Waals surface area contributed by atoms with Gasteiger partial charge >= 0.3 is 0 Å². The van der Waals surface area contributed by atoms with Gasteiger partial charge in [-0.05, 0) is 52.2 Å². The molecular weight excluding hydrogens is 328 g/mol. The number of H-pyrrole nitrogens is 1. The van der Waals surface area contributed by atoms with E-state index in [1.165, 1.54) is 0 Å². The minimum Gasteiger partial charge on any atom is -0.390 e. The van der Waals surface area contributed by atoms with Crippen LogP contribution in [0.4, 0.5) is 0 Å². The van der Waals surface area contributed by atoms with Crippen molar-refractivity contribution < 1.29 is 9.90 Å². The summed E-state index contributed by atoms with van der Waals surface area (Å²) in [4.78, 5) is 30.5. The monoisotopic (exact) mass is 356 g/mol. The number of likely N-dealkylation sites (tertiary alicyclic amines) is 1. The van der Waals surface area contributed by atoms with Crippen LogP contribution in [0.2, 0.25) is 0 Å². The fourth-order valence-electron chi connectivity index (χ4n) is 3.87. The normalized spacial score (nSPS) is 18.3. The molecule has 26 heavy (non-hydrogen) atoms. The number of aromatic amines is 1. The van der Waals surface area contributed by atoms with Crippen LogP contribution < -0.4 is 5.43 Å². The van der Waals surface area contributed by atoms with E-state index in [-0.39, 0.29) is 17.3 Å². The van der Waals surface area contributed by atoms with Gasteiger partial charge in [-0.1, -0.05) is 12.1 Å². The molecule has 0 spiro atoms. The van der Waals surface area contributed by atoms with Crippen LogP contribution in [0, 0.1) is 12.8 Å². The van der Waals surface area contributed by atoms with E-state index in [2.05, 4.69) is 4.98 Å². The number of aromatic nitrogens is 1. The Hall–Kier alpha value is -2.14. The third-order valence-electron chi connectivity index (χ3n) is 5.58. The molecule has 2 N–H and O–H groups in total. The van der Waals surface area contributed by atoms with E-state index < -0.39 is 5.60 Å². The van der Waals surface area contributed by atoms with Crippen molar-refractivity contribution in [1.82, 2.24) is 9.88 Å². The minimum absolute atomic E-state index is 0.0117. The topological polar surface area (TPSA) is 73.4 Å². The summed E-state index contributed by atoms with van der Waals surface area (Å²) in [5.41, 5.74) is 1.58. The molecule has 3 rings (SSSR count). The van der Waals surface area contributed by atoms with Gasteiger partial charge in [0.2, 0.25) is 5.91 Å². The summed E-state index contributed by atoms with van der Waals surface area (Å²) in [5.74, 6) is 0.164. The number of para-hydroxylation sites is 1. The third-order valence-corrected chi connectivity index (χ3v) is 5.58. The molecule has 5 nitrogen and oxygen atoms in total. The maximum absolute atomic E-state index is 12.7. The predicted octanol–water partition coefficient (Wildman–Crippen LogP) is 2.78. The summed E-state index contributed by atoms with van der Waals surface area (Å²) in [6.07, 6.45) is 2.61. The first-order valence-electron chi connectivity index (χ1n) is 9.38. The van der Waals surface area contributed by atoms with Crippen molar-refractivity contribution in [3.63, 3.8) is 0 Å². The summed E-state index contributed by atoms with van der Waals surface area (Å²) in [6, 6.07) is 7.46. The van der Waals surface area contributed by atoms with Gasteiger partial charge in [0.25, 0.3) is 0 Å². The zero-order valence-corrected chi connectivity index (χ0v) is 15.8. The van der Waals surface area contributed by atoms with Crippen LogP contribution in [0.15, 0.2) is 29.1 Å². The number of aryl methyl sites for hydroxylation is 1. The Morgan fingerprint density at radius 2 is 2.08 bits per heavy atom. The Morgan fingerprint density at radius 1 is 1.35 bits per heavy atom. The number of rotatable bonds is 4. The van der Waals surface area contributed by atoms with Gasteiger partial charge in [-0.25, -0.2) is 0 Å². The number of hydrogen-bond acceptors (Lipinski definition) is 3. The molecule has 0 radical (unpaired) electrons. The largest absolute Gasteiger partial charge is 0.390 e. The van der Waals surface area contributed by atoms with Crippen LogP contribution in [0.25, 0.3) is 10.9 Å². The highest BCUT2D eigenvalue weighted by Crippen LogP contribution is 2.27. The van der Waals surface area contributed by atoms with Gasteiger partial charge in [0.1, 0.15) is 0 Å². The van der Waals surface area contributed by atoms with E-state index in [1.807, 2.05) is 49.9 Å². The zero-order chi connectivity index (χ0) is 18.9. The lowest BCUT2D eigenvalue weighted by Crippen LogP contribution is -2.47. The van der Waals surface area contributed by atoms with E-state index in [1.54, 1.807) is 0 Å². The number of benzene rings is 1. The summed E-state index contributed by atoms with van der Waals surface area (Å²) >= 11 is 0. The van der Waals surface area contributed by atoms with Crippen LogP contribution in [0.5, 0.6) is 0 Å². The number of amides is 1. The van der Waals surface area contributed by atoms with Gasteiger partial charge < -0.3 is 15.0 Å². The first kappa shape index (κ1) is 18.6. The molecule has 1 aromatic carbocycles. The van der Waals surface area contributed by atoms with E-state index in [4.69, 9.17) is 0 Å². The number of nitrogens with zero attached hydrogens (tertiary/aromatic N) is 1. The molecule has 2 aromatic rings. The highest BCUT2D eigenvalue weighted by Gasteiger charge is 2.32. The van der Waals surface area contributed by atoms with E-state index in [0.29, 0.717) is 30.3 Å². The fourth-order valence-corrected chi connectivity index (χ4v) is 3.87. The highest BCUT2D eigenvalue weighted by molar-refractivity contribution is 5.80. The molecule has 1 amide bonds. The molecule has 2 heterocycles. The van der Waals surface area contributed by atoms with E-state index in [0.717, 1.165) is 30.6 Å². The second-order valence-electron chi connectivity index (χ2n) is 7.94. The Bertz CT molecular complexity index is 864. The summed E-state index contributed by atoms with van der Waals surface area (Å²) < 4.78 is 0. The van der Waals surface area contributed by atoms with Crippen LogP contribution in [-0.2, 0) is 11.2 Å². The van der Waals surface area contributed by atoms with E-state index >= 15 is 0 Å². The van der Waals surface area contributed by atoms with Gasteiger partial charge in [0.05, 0.1) is 5.60 Å². The second-order valence-corrected chi connectivity index (χ2v) is 7.94. The SMILES string of the molecule is Cc1[nH]c2ccccc2c(=O)c1CCC(=O)N1CCC[C@H](C(C)(C)O)C1. The Labute approximate surface area is 154 Å². The van der Waals surface area contributed by atoms with Crippen LogP contribution in [0.1, 0.15) is 44.4 Å². The van der Waals surface area contributed by atoms with Crippen molar-refractivity contribution in [1.29, 1.82) is 0 Å². The first-order valence-corrected chi connectivity index (χ1v) is 9.38. The molecule has 5 heteroatoms. The molecule has 1 aromatic heterocycles. The van der Waals surface area contributed by atoms with Crippen molar-refractivity contribution in [3.8, 4) is 0 Å². The molecule has 0 aliphatic carbocycles. The fraction of sp³-hybridized carbons (Fsp3) is 0.524. The lowest BCUT2D eigenvalue weighted by atomic mass is 9.84. The smallest absolute Gasteiger partial charge is 0.222 e. The number of nitrogens with one attached hydrogen (secondary N) is 1. The number of hydrogen-bond donors (Lipinski definition) is 2. The number of carbonyl (C=O) groups is 1. The highest BCUT2D eigenvalue weighted by atomic mass is 16.3. The lowest BCUT2D eigenvalue weighted by Gasteiger charge is -2.38. The zero-order valence-electron chi connectivity index (χ0n) is 15.8. The molecule has 1 atom stereocenters. The maximum Gasteiger partial charge on any atom is 0.222 e. The summed E-state index contributed by atoms with van der Waals surface area (Å²) in [7, 11) is 0. The number of piperidine rings is 1. The van der Waals surface area contributed by atoms with Gasteiger partial charge in [-0.3, -0.25) is 9.59 Å². The van der Waals surface area contributed by atoms with Gasteiger partial charge in [0.15, 0.2) is 5.43 Å². The Morgan fingerprint density at radius 3 is 2.81 bits per heavy atom. The molecule has 1 saturated heterocycles. The molecule has 140 valence electrons. The molecular formula is C21H28N2O3. The Kier molecular flexibility index (Phi) is 5.19. The third kappa shape index (κ3) is 3.83. The molecule has 1 aliphatic heterocycles. The first-order chi connectivity index (χ1) is 12.3. The van der Waals surface area contributed by atoms with E-state index in [9.17, 15) is 14.7 Å². The van der Waals surface area contributed by atoms with Crippen LogP contribution in [-0.4, -0.2) is 39.6 Å². The lowest BCUT2D eigenvalue weighted by molar-refractivity contribution is -0.135. The average molecular weight is 356 g/mol. The average Bonchev–Trinajstić information content (AvgIpc) is 2.60. The van der Waals surface area contributed by atoms with Crippen molar-refractivity contribution in [2.45, 2.75) is 52.1 Å². The number of aliphatic hydroxyl groups is 1. The quantitative estimate of drug-likeness (QED) is 0.885. The van der Waals surface area contributed by atoms with Gasteiger partial charge in [-0.15, -0.1) is 0 Å². The molecule has 1 fully saturated rings. The van der Waals surface area contributed by atoms with Crippen molar-refractivity contribution in [3.05, 3.63) is 45.7 Å². The number of carbonyl (C=O) groups excluding carboxylic acids is 1. The van der Waals surface area contributed by atoms with Crippen molar-refractivity contribution in [2.75, 3.05) is 13.1 Å². The van der Waals surface area contributed by atoms with Gasteiger partial charge in [0, 0.05) is 47.6 Å². The molecule has 0 bridgehead atoms. The molecule has 0 saturated carbocycles. The van der Waals surface area contributed by atoms with Crippen LogP contribution >= 0.6 is 0 Å². The molecule has 1 aliphatic rings. The summed E-state index contributed by atoms with van der Waals surface area (Å²) in [6.45, 7) is 6.83. The number of fused-ring (bicyclic) bond motifs is 1. The predicted molar refractivity (Wildman–Crippen MR) is 103 cm³/mol. The summed E-state index contributed by atoms with van der Waals surface area (Å²) in [5, 5.41) is 10.9. The maximum atomic E-state index is 12.7. The Balaban J connectivity index is 1.72.